The average molecular weight is 320 g/mol. The summed E-state index contributed by atoms with van der Waals surface area (Å²) in [5, 5.41) is 1.70. The molecule has 0 saturated carbocycles. The van der Waals surface area contributed by atoms with Crippen molar-refractivity contribution in [2.45, 2.75) is 27.7 Å². The lowest BCUT2D eigenvalue weighted by atomic mass is 9.83. The summed E-state index contributed by atoms with van der Waals surface area (Å²) < 4.78 is 5.88. The molecule has 1 nitrogen and oxygen atoms in total. The first-order valence-electron chi connectivity index (χ1n) is 5.79. The minimum atomic E-state index is 0.240. The number of rotatable bonds is 4. The SMILES string of the molecule is Cc1cc(Cl)ccc1OCC(CBr)C(C)(C)C. The molecule has 1 aromatic rings. The highest BCUT2D eigenvalue weighted by Crippen LogP contribution is 2.29. The molecule has 3 heteroatoms. The molecule has 0 aliphatic carbocycles. The average Bonchev–Trinajstić information content (AvgIpc) is 2.19. The molecule has 96 valence electrons. The number of alkyl halides is 1. The van der Waals surface area contributed by atoms with Crippen LogP contribution in [0, 0.1) is 18.3 Å². The minimum Gasteiger partial charge on any atom is -0.493 e. The predicted octanol–water partition coefficient (Wildman–Crippen LogP) is 5.08. The summed E-state index contributed by atoms with van der Waals surface area (Å²) in [7, 11) is 0. The second-order valence-corrected chi connectivity index (χ2v) is 6.52. The lowest BCUT2D eigenvalue weighted by Crippen LogP contribution is -2.28. The Labute approximate surface area is 118 Å². The van der Waals surface area contributed by atoms with Crippen LogP contribution in [-0.4, -0.2) is 11.9 Å². The van der Waals surface area contributed by atoms with Crippen LogP contribution >= 0.6 is 27.5 Å². The van der Waals surface area contributed by atoms with E-state index in [0.29, 0.717) is 5.92 Å². The van der Waals surface area contributed by atoms with Crippen molar-refractivity contribution >= 4 is 27.5 Å². The molecule has 0 fully saturated rings. The van der Waals surface area contributed by atoms with Crippen LogP contribution in [0.5, 0.6) is 5.75 Å². The Morgan fingerprint density at radius 2 is 2.00 bits per heavy atom. The molecule has 0 radical (unpaired) electrons. The summed E-state index contributed by atoms with van der Waals surface area (Å²) in [5.41, 5.74) is 1.32. The first-order chi connectivity index (χ1) is 7.84. The Kier molecular flexibility index (Phi) is 5.33. The number of hydrogen-bond acceptors (Lipinski definition) is 1. The highest BCUT2D eigenvalue weighted by Gasteiger charge is 2.24. The molecule has 0 saturated heterocycles. The summed E-state index contributed by atoms with van der Waals surface area (Å²) >= 11 is 9.47. The molecule has 1 aromatic carbocycles. The van der Waals surface area contributed by atoms with Gasteiger partial charge in [0.1, 0.15) is 5.75 Å². The van der Waals surface area contributed by atoms with Gasteiger partial charge in [-0.3, -0.25) is 0 Å². The van der Waals surface area contributed by atoms with Crippen LogP contribution in [-0.2, 0) is 0 Å². The maximum absolute atomic E-state index is 5.92. The number of ether oxygens (including phenoxy) is 1. The summed E-state index contributed by atoms with van der Waals surface area (Å²) in [6, 6.07) is 5.73. The van der Waals surface area contributed by atoms with Gasteiger partial charge in [0.15, 0.2) is 0 Å². The van der Waals surface area contributed by atoms with E-state index in [2.05, 4.69) is 36.7 Å². The summed E-state index contributed by atoms with van der Waals surface area (Å²) in [6.45, 7) is 9.43. The van der Waals surface area contributed by atoms with Crippen molar-refractivity contribution < 1.29 is 4.74 Å². The van der Waals surface area contributed by atoms with E-state index < -0.39 is 0 Å². The van der Waals surface area contributed by atoms with E-state index in [9.17, 15) is 0 Å². The highest BCUT2D eigenvalue weighted by atomic mass is 79.9. The Morgan fingerprint density at radius 3 is 2.47 bits per heavy atom. The van der Waals surface area contributed by atoms with E-state index in [1.54, 1.807) is 0 Å². The van der Waals surface area contributed by atoms with Gasteiger partial charge in [0.2, 0.25) is 0 Å². The van der Waals surface area contributed by atoms with E-state index in [0.717, 1.165) is 28.3 Å². The first-order valence-corrected chi connectivity index (χ1v) is 7.29. The number of hydrogen-bond donors (Lipinski definition) is 0. The topological polar surface area (TPSA) is 9.23 Å². The lowest BCUT2D eigenvalue weighted by Gasteiger charge is -2.29. The molecule has 1 atom stereocenters. The fraction of sp³-hybridized carbons (Fsp3) is 0.571. The first kappa shape index (κ1) is 14.8. The van der Waals surface area contributed by atoms with Crippen molar-refractivity contribution in [3.05, 3.63) is 28.8 Å². The van der Waals surface area contributed by atoms with Gasteiger partial charge < -0.3 is 4.74 Å². The monoisotopic (exact) mass is 318 g/mol. The van der Waals surface area contributed by atoms with E-state index in [1.165, 1.54) is 0 Å². The maximum atomic E-state index is 5.92. The molecule has 0 aromatic heterocycles. The second-order valence-electron chi connectivity index (χ2n) is 5.44. The van der Waals surface area contributed by atoms with Crippen molar-refractivity contribution in [2.24, 2.45) is 11.3 Å². The van der Waals surface area contributed by atoms with Crippen LogP contribution in [0.1, 0.15) is 26.3 Å². The van der Waals surface area contributed by atoms with Crippen molar-refractivity contribution in [1.82, 2.24) is 0 Å². The smallest absolute Gasteiger partial charge is 0.122 e. The van der Waals surface area contributed by atoms with E-state index >= 15 is 0 Å². The Morgan fingerprint density at radius 1 is 1.35 bits per heavy atom. The third-order valence-corrected chi connectivity index (χ3v) is 4.00. The fourth-order valence-corrected chi connectivity index (χ4v) is 2.88. The van der Waals surface area contributed by atoms with Gasteiger partial charge in [-0.1, -0.05) is 48.3 Å². The molecule has 0 aliphatic heterocycles. The van der Waals surface area contributed by atoms with Crippen molar-refractivity contribution in [3.63, 3.8) is 0 Å². The molecule has 17 heavy (non-hydrogen) atoms. The summed E-state index contributed by atoms with van der Waals surface area (Å²) in [4.78, 5) is 0. The number of aryl methyl sites for hydroxylation is 1. The van der Waals surface area contributed by atoms with Crippen LogP contribution in [0.3, 0.4) is 0 Å². The zero-order chi connectivity index (χ0) is 13.1. The van der Waals surface area contributed by atoms with Crippen LogP contribution < -0.4 is 4.74 Å². The van der Waals surface area contributed by atoms with E-state index in [4.69, 9.17) is 16.3 Å². The lowest BCUT2D eigenvalue weighted by molar-refractivity contribution is 0.165. The van der Waals surface area contributed by atoms with E-state index in [1.807, 2.05) is 25.1 Å². The molecule has 0 aliphatic rings. The second kappa shape index (κ2) is 6.10. The van der Waals surface area contributed by atoms with Crippen molar-refractivity contribution in [1.29, 1.82) is 0 Å². The van der Waals surface area contributed by atoms with Crippen LogP contribution in [0.4, 0.5) is 0 Å². The van der Waals surface area contributed by atoms with Crippen molar-refractivity contribution in [2.75, 3.05) is 11.9 Å². The van der Waals surface area contributed by atoms with Gasteiger partial charge in [0.05, 0.1) is 6.61 Å². The molecular weight excluding hydrogens is 300 g/mol. The Balaban J connectivity index is 2.66. The molecule has 0 N–H and O–H groups in total. The van der Waals surface area contributed by atoms with Gasteiger partial charge in [0, 0.05) is 16.3 Å². The zero-order valence-corrected chi connectivity index (χ0v) is 13.2. The van der Waals surface area contributed by atoms with Crippen LogP contribution in [0.25, 0.3) is 0 Å². The van der Waals surface area contributed by atoms with Gasteiger partial charge >= 0.3 is 0 Å². The molecule has 0 heterocycles. The molecular formula is C14H20BrClO. The molecule has 0 bridgehead atoms. The Bertz CT molecular complexity index is 371. The van der Waals surface area contributed by atoms with E-state index in [-0.39, 0.29) is 5.41 Å². The summed E-state index contributed by atoms with van der Waals surface area (Å²) in [6.07, 6.45) is 0. The predicted molar refractivity (Wildman–Crippen MR) is 78.4 cm³/mol. The van der Waals surface area contributed by atoms with Gasteiger partial charge in [0.25, 0.3) is 0 Å². The number of benzene rings is 1. The highest BCUT2D eigenvalue weighted by molar-refractivity contribution is 9.09. The minimum absolute atomic E-state index is 0.240. The van der Waals surface area contributed by atoms with Gasteiger partial charge in [-0.05, 0) is 36.1 Å². The quantitative estimate of drug-likeness (QED) is 0.703. The van der Waals surface area contributed by atoms with Gasteiger partial charge in [-0.15, -0.1) is 0 Å². The van der Waals surface area contributed by atoms with Gasteiger partial charge in [-0.2, -0.15) is 0 Å². The third-order valence-electron chi connectivity index (χ3n) is 2.99. The Hall–Kier alpha value is -0.210. The largest absolute Gasteiger partial charge is 0.493 e. The maximum Gasteiger partial charge on any atom is 0.122 e. The molecule has 0 amide bonds. The fourth-order valence-electron chi connectivity index (χ4n) is 1.49. The van der Waals surface area contributed by atoms with Crippen molar-refractivity contribution in [3.8, 4) is 5.75 Å². The molecule has 0 spiro atoms. The van der Waals surface area contributed by atoms with Gasteiger partial charge in [-0.25, -0.2) is 0 Å². The number of halogens is 2. The zero-order valence-electron chi connectivity index (χ0n) is 10.9. The van der Waals surface area contributed by atoms with Crippen LogP contribution in [0.2, 0.25) is 5.02 Å². The summed E-state index contributed by atoms with van der Waals surface area (Å²) in [5.74, 6) is 1.40. The molecule has 1 rings (SSSR count). The normalized spacial score (nSPS) is 13.5. The third kappa shape index (κ3) is 4.51. The molecule has 1 unspecified atom stereocenters. The van der Waals surface area contributed by atoms with Crippen LogP contribution in [0.15, 0.2) is 18.2 Å². The standard InChI is InChI=1S/C14H20BrClO/c1-10-7-12(16)5-6-13(10)17-9-11(8-15)14(2,3)4/h5-7,11H,8-9H2,1-4H3.